The molecule has 0 saturated carbocycles. The topological polar surface area (TPSA) is 72.8 Å². The van der Waals surface area contributed by atoms with E-state index in [4.69, 9.17) is 0 Å². The number of aromatic carboxylic acids is 1. The van der Waals surface area contributed by atoms with Gasteiger partial charge in [0.15, 0.2) is 0 Å². The molecule has 0 heterocycles. The average molecular weight is 328 g/mol. The van der Waals surface area contributed by atoms with Crippen LogP contribution in [0.5, 0.6) is 5.75 Å². The molecule has 122 valence electrons. The molecule has 0 unspecified atom stereocenters. The van der Waals surface area contributed by atoms with Gasteiger partial charge in [0.1, 0.15) is 5.75 Å². The molecule has 5 nitrogen and oxygen atoms in total. The zero-order valence-corrected chi connectivity index (χ0v) is 12.0. The van der Waals surface area contributed by atoms with Crippen molar-refractivity contribution in [2.75, 3.05) is 7.11 Å². The van der Waals surface area contributed by atoms with Gasteiger partial charge in [-0.25, -0.2) is 9.59 Å². The highest BCUT2D eigenvalue weighted by molar-refractivity contribution is 6.09. The van der Waals surface area contributed by atoms with E-state index in [1.165, 1.54) is 19.1 Å². The maximum atomic E-state index is 12.3. The molecule has 8 heteroatoms. The van der Waals surface area contributed by atoms with E-state index in [-0.39, 0.29) is 27.5 Å². The van der Waals surface area contributed by atoms with Crippen molar-refractivity contribution in [2.45, 2.75) is 13.3 Å². The highest BCUT2D eigenvalue weighted by Gasteiger charge is 2.31. The largest absolute Gasteiger partial charge is 0.573 e. The van der Waals surface area contributed by atoms with Gasteiger partial charge in [0, 0.05) is 5.39 Å². The van der Waals surface area contributed by atoms with Crippen molar-refractivity contribution < 1.29 is 37.3 Å². The molecule has 0 aliphatic carbocycles. The molecule has 0 bridgehead atoms. The number of methoxy groups -OCH3 is 1. The lowest BCUT2D eigenvalue weighted by atomic mass is 9.94. The average Bonchev–Trinajstić information content (AvgIpc) is 2.43. The number of hydrogen-bond acceptors (Lipinski definition) is 4. The Morgan fingerprint density at radius 2 is 1.83 bits per heavy atom. The highest BCUT2D eigenvalue weighted by atomic mass is 19.4. The summed E-state index contributed by atoms with van der Waals surface area (Å²) in [5, 5.41) is 9.66. The molecule has 0 spiro atoms. The summed E-state index contributed by atoms with van der Waals surface area (Å²) < 4.78 is 45.3. The number of carbonyl (C=O) groups excluding carboxylic acids is 1. The van der Waals surface area contributed by atoms with Crippen LogP contribution in [0.15, 0.2) is 24.3 Å². The van der Waals surface area contributed by atoms with E-state index >= 15 is 0 Å². The maximum Gasteiger partial charge on any atom is 0.573 e. The Hall–Kier alpha value is -2.77. The van der Waals surface area contributed by atoms with Crippen LogP contribution in [0.2, 0.25) is 0 Å². The second kappa shape index (κ2) is 5.79. The van der Waals surface area contributed by atoms with Crippen LogP contribution in [-0.2, 0) is 4.74 Å². The smallest absolute Gasteiger partial charge is 0.478 e. The standard InChI is InChI=1S/C15H11F3O5/c1-7-10(14(21)22-2)5-8-3-4-9(23-15(16,17)18)6-11(8)12(7)13(19)20/h3-6H,1-2H3,(H,19,20). The van der Waals surface area contributed by atoms with E-state index in [0.717, 1.165) is 19.2 Å². The first-order valence-corrected chi connectivity index (χ1v) is 6.28. The molecule has 0 fully saturated rings. The lowest BCUT2D eigenvalue weighted by Crippen LogP contribution is -2.17. The Morgan fingerprint density at radius 1 is 1.17 bits per heavy atom. The lowest BCUT2D eigenvalue weighted by Gasteiger charge is -2.13. The number of esters is 1. The number of carbonyl (C=O) groups is 2. The van der Waals surface area contributed by atoms with Crippen LogP contribution >= 0.6 is 0 Å². The number of ether oxygens (including phenoxy) is 2. The zero-order chi connectivity index (χ0) is 17.4. The fraction of sp³-hybridized carbons (Fsp3) is 0.200. The van der Waals surface area contributed by atoms with E-state index in [9.17, 15) is 27.9 Å². The summed E-state index contributed by atoms with van der Waals surface area (Å²) in [4.78, 5) is 23.2. The summed E-state index contributed by atoms with van der Waals surface area (Å²) in [6, 6.07) is 4.62. The Morgan fingerprint density at radius 3 is 2.35 bits per heavy atom. The summed E-state index contributed by atoms with van der Waals surface area (Å²) in [6.07, 6.45) is -4.89. The predicted octanol–water partition coefficient (Wildman–Crippen LogP) is 3.53. The maximum absolute atomic E-state index is 12.3. The summed E-state index contributed by atoms with van der Waals surface area (Å²) >= 11 is 0. The predicted molar refractivity (Wildman–Crippen MR) is 73.7 cm³/mol. The number of carboxylic acid groups (broad SMARTS) is 1. The molecule has 0 aromatic heterocycles. The number of carboxylic acids is 1. The normalized spacial score (nSPS) is 11.3. The van der Waals surface area contributed by atoms with Crippen LogP contribution in [0.1, 0.15) is 26.3 Å². The minimum atomic E-state index is -4.89. The number of fused-ring (bicyclic) bond motifs is 1. The second-order valence-corrected chi connectivity index (χ2v) is 4.65. The summed E-state index contributed by atoms with van der Waals surface area (Å²) in [6.45, 7) is 1.38. The van der Waals surface area contributed by atoms with Crippen molar-refractivity contribution >= 4 is 22.7 Å². The molecule has 0 aliphatic rings. The molecule has 2 aromatic rings. The van der Waals surface area contributed by atoms with E-state index < -0.39 is 24.1 Å². The van der Waals surface area contributed by atoms with E-state index in [0.29, 0.717) is 0 Å². The fourth-order valence-corrected chi connectivity index (χ4v) is 2.27. The summed E-state index contributed by atoms with van der Waals surface area (Å²) in [5.41, 5.74) is -0.154. The molecular formula is C15H11F3O5. The Kier molecular flexibility index (Phi) is 4.18. The van der Waals surface area contributed by atoms with Crippen molar-refractivity contribution in [3.63, 3.8) is 0 Å². The van der Waals surface area contributed by atoms with Crippen molar-refractivity contribution in [3.8, 4) is 5.75 Å². The van der Waals surface area contributed by atoms with Crippen LogP contribution in [0.4, 0.5) is 13.2 Å². The third-order valence-electron chi connectivity index (χ3n) is 3.23. The number of rotatable bonds is 3. The van der Waals surface area contributed by atoms with Gasteiger partial charge in [-0.1, -0.05) is 6.07 Å². The Bertz CT molecular complexity index is 796. The van der Waals surface area contributed by atoms with Crippen LogP contribution in [0.25, 0.3) is 10.8 Å². The minimum absolute atomic E-state index is 0.0295. The summed E-state index contributed by atoms with van der Waals surface area (Å²) in [5.74, 6) is -2.65. The third-order valence-corrected chi connectivity index (χ3v) is 3.23. The van der Waals surface area contributed by atoms with Gasteiger partial charge in [0.05, 0.1) is 18.2 Å². The van der Waals surface area contributed by atoms with Crippen molar-refractivity contribution in [2.24, 2.45) is 0 Å². The Labute approximate surface area is 128 Å². The van der Waals surface area contributed by atoms with Crippen LogP contribution < -0.4 is 4.74 Å². The minimum Gasteiger partial charge on any atom is -0.478 e. The van der Waals surface area contributed by atoms with Gasteiger partial charge < -0.3 is 14.6 Å². The first-order valence-electron chi connectivity index (χ1n) is 6.28. The molecule has 0 radical (unpaired) electrons. The van der Waals surface area contributed by atoms with E-state index in [2.05, 4.69) is 9.47 Å². The van der Waals surface area contributed by atoms with Gasteiger partial charge in [-0.05, 0) is 36.1 Å². The Balaban J connectivity index is 2.74. The number of halogens is 3. The number of hydrogen-bond donors (Lipinski definition) is 1. The van der Waals surface area contributed by atoms with Crippen LogP contribution in [0.3, 0.4) is 0 Å². The van der Waals surface area contributed by atoms with Gasteiger partial charge in [-0.3, -0.25) is 0 Å². The monoisotopic (exact) mass is 328 g/mol. The molecule has 2 aromatic carbocycles. The van der Waals surface area contributed by atoms with Crippen molar-refractivity contribution in [1.82, 2.24) is 0 Å². The van der Waals surface area contributed by atoms with Gasteiger partial charge in [0.2, 0.25) is 0 Å². The van der Waals surface area contributed by atoms with Gasteiger partial charge >= 0.3 is 18.3 Å². The highest BCUT2D eigenvalue weighted by Crippen LogP contribution is 2.31. The first kappa shape index (κ1) is 16.6. The number of alkyl halides is 3. The van der Waals surface area contributed by atoms with Crippen molar-refractivity contribution in [3.05, 3.63) is 41.0 Å². The fourth-order valence-electron chi connectivity index (χ4n) is 2.27. The third kappa shape index (κ3) is 3.36. The quantitative estimate of drug-likeness (QED) is 0.873. The van der Waals surface area contributed by atoms with Gasteiger partial charge in [-0.15, -0.1) is 13.2 Å². The molecule has 0 aliphatic heterocycles. The zero-order valence-electron chi connectivity index (χ0n) is 12.0. The van der Waals surface area contributed by atoms with Crippen LogP contribution in [-0.4, -0.2) is 30.5 Å². The molecule has 1 N–H and O–H groups in total. The summed E-state index contributed by atoms with van der Waals surface area (Å²) in [7, 11) is 1.15. The number of benzene rings is 2. The van der Waals surface area contributed by atoms with Crippen molar-refractivity contribution in [1.29, 1.82) is 0 Å². The molecule has 0 saturated heterocycles. The van der Waals surface area contributed by atoms with Crippen LogP contribution in [0, 0.1) is 6.92 Å². The molecular weight excluding hydrogens is 317 g/mol. The molecule has 0 amide bonds. The molecule has 23 heavy (non-hydrogen) atoms. The molecule has 0 atom stereocenters. The molecule has 2 rings (SSSR count). The first-order chi connectivity index (χ1) is 10.6. The lowest BCUT2D eigenvalue weighted by molar-refractivity contribution is -0.274. The van der Waals surface area contributed by atoms with E-state index in [1.807, 2.05) is 0 Å². The second-order valence-electron chi connectivity index (χ2n) is 4.65. The van der Waals surface area contributed by atoms with E-state index in [1.54, 1.807) is 0 Å². The SMILES string of the molecule is COC(=O)c1cc2ccc(OC(F)(F)F)cc2c(C(=O)O)c1C. The van der Waals surface area contributed by atoms with Gasteiger partial charge in [0.25, 0.3) is 0 Å². The van der Waals surface area contributed by atoms with Gasteiger partial charge in [-0.2, -0.15) is 0 Å².